The number of nitrogens with one attached hydrogen (secondary N) is 2. The van der Waals surface area contributed by atoms with Crippen molar-refractivity contribution in [3.8, 4) is 5.75 Å². The first kappa shape index (κ1) is 28.3. The van der Waals surface area contributed by atoms with Gasteiger partial charge in [-0.2, -0.15) is 0 Å². The lowest BCUT2D eigenvalue weighted by molar-refractivity contribution is -0.140. The number of para-hydroxylation sites is 1. The van der Waals surface area contributed by atoms with Gasteiger partial charge in [-0.25, -0.2) is 9.18 Å². The number of aryl methyl sites for hydroxylation is 1. The predicted octanol–water partition coefficient (Wildman–Crippen LogP) is 3.18. The number of alkyl halides is 1. The highest BCUT2D eigenvalue weighted by Gasteiger charge is 2.38. The van der Waals surface area contributed by atoms with Crippen molar-refractivity contribution in [1.82, 2.24) is 14.7 Å². The van der Waals surface area contributed by atoms with E-state index < -0.39 is 24.3 Å². The Morgan fingerprint density at radius 1 is 1.05 bits per heavy atom. The summed E-state index contributed by atoms with van der Waals surface area (Å²) >= 11 is 0. The van der Waals surface area contributed by atoms with Gasteiger partial charge in [0.05, 0.1) is 31.8 Å². The Morgan fingerprint density at radius 2 is 1.77 bits per heavy atom. The number of urea groups is 1. The van der Waals surface area contributed by atoms with E-state index in [0.717, 1.165) is 12.0 Å². The van der Waals surface area contributed by atoms with E-state index in [4.69, 9.17) is 9.84 Å². The maximum Gasteiger partial charge on any atom is 0.323 e. The number of carbonyl (C=O) groups excluding carboxylic acids is 2. The van der Waals surface area contributed by atoms with Crippen molar-refractivity contribution in [3.63, 3.8) is 0 Å². The van der Waals surface area contributed by atoms with Gasteiger partial charge in [0.25, 0.3) is 0 Å². The highest BCUT2D eigenvalue weighted by Crippen LogP contribution is 2.29. The van der Waals surface area contributed by atoms with Gasteiger partial charge in [-0.3, -0.25) is 19.4 Å². The fraction of sp³-hybridized carbons (Fsp3) is 0.464. The summed E-state index contributed by atoms with van der Waals surface area (Å²) in [5.74, 6) is -0.635. The Bertz CT molecular complexity index is 1190. The molecule has 2 fully saturated rings. The van der Waals surface area contributed by atoms with Crippen molar-refractivity contribution in [3.05, 3.63) is 53.6 Å². The van der Waals surface area contributed by atoms with Gasteiger partial charge in [0, 0.05) is 38.4 Å². The van der Waals surface area contributed by atoms with Crippen LogP contribution in [0.1, 0.15) is 24.0 Å². The van der Waals surface area contributed by atoms with Gasteiger partial charge in [-0.05, 0) is 49.1 Å². The summed E-state index contributed by atoms with van der Waals surface area (Å²) in [6, 6.07) is 11.7. The summed E-state index contributed by atoms with van der Waals surface area (Å²) in [5, 5.41) is 14.6. The molecule has 2 atom stereocenters. The molecule has 2 aliphatic heterocycles. The Hall–Kier alpha value is -3.70. The predicted molar refractivity (Wildman–Crippen MR) is 146 cm³/mol. The molecule has 0 unspecified atom stereocenters. The molecule has 11 heteroatoms. The van der Waals surface area contributed by atoms with Crippen LogP contribution in [0.4, 0.5) is 20.6 Å². The molecule has 0 bridgehead atoms. The number of hydrogen-bond donors (Lipinski definition) is 3. The molecule has 2 aromatic carbocycles. The molecule has 39 heavy (non-hydrogen) atoms. The number of rotatable bonds is 9. The topological polar surface area (TPSA) is 114 Å². The van der Waals surface area contributed by atoms with E-state index >= 15 is 4.39 Å². The molecule has 0 aromatic heterocycles. The van der Waals surface area contributed by atoms with Crippen molar-refractivity contribution < 1.29 is 28.6 Å². The third-order valence-corrected chi connectivity index (χ3v) is 7.31. The van der Waals surface area contributed by atoms with Crippen LogP contribution in [-0.4, -0.2) is 96.4 Å². The van der Waals surface area contributed by atoms with E-state index in [9.17, 15) is 14.4 Å². The maximum absolute atomic E-state index is 15.5. The summed E-state index contributed by atoms with van der Waals surface area (Å²) < 4.78 is 21.0. The lowest BCUT2D eigenvalue weighted by Crippen LogP contribution is -2.55. The van der Waals surface area contributed by atoms with Crippen molar-refractivity contribution in [2.75, 3.05) is 57.0 Å². The first-order valence-electron chi connectivity index (χ1n) is 13.2. The van der Waals surface area contributed by atoms with Gasteiger partial charge < -0.3 is 25.4 Å². The SMILES string of the molecule is COc1cc(CC(=O)N2CCC[C@H]2[C@H](F)N2CCN(CC(=O)O)CC2)ccc1NC(=O)Nc1ccccc1C. The standard InChI is InChI=1S/C28H36FN5O5/c1-19-6-3-4-7-21(19)30-28(38)31-22-10-9-20(16-24(22)39-2)17-25(35)34-11-5-8-23(34)27(29)33-14-12-32(13-15-33)18-26(36)37/h3-4,6-7,9-10,16,23,27H,5,8,11-15,17-18H2,1-2H3,(H,36,37)(H2,30,31,38)/t23-,27+/m0/s1. The van der Waals surface area contributed by atoms with Gasteiger partial charge in [0.1, 0.15) is 5.75 Å². The second-order valence-corrected chi connectivity index (χ2v) is 9.98. The monoisotopic (exact) mass is 541 g/mol. The number of methoxy groups -OCH3 is 1. The average Bonchev–Trinajstić information content (AvgIpc) is 3.41. The Labute approximate surface area is 227 Å². The number of ether oxygens (including phenoxy) is 1. The zero-order valence-electron chi connectivity index (χ0n) is 22.4. The third-order valence-electron chi connectivity index (χ3n) is 7.31. The zero-order valence-corrected chi connectivity index (χ0v) is 22.4. The molecule has 2 heterocycles. The van der Waals surface area contributed by atoms with Crippen molar-refractivity contribution >= 4 is 29.3 Å². The molecule has 2 aliphatic rings. The fourth-order valence-electron chi connectivity index (χ4n) is 5.20. The summed E-state index contributed by atoms with van der Waals surface area (Å²) in [6.45, 7) is 4.17. The minimum atomic E-state index is -1.30. The normalized spacial score (nSPS) is 18.9. The summed E-state index contributed by atoms with van der Waals surface area (Å²) in [6.07, 6.45) is 0.112. The van der Waals surface area contributed by atoms with Crippen LogP contribution >= 0.6 is 0 Å². The van der Waals surface area contributed by atoms with Gasteiger partial charge in [-0.15, -0.1) is 0 Å². The second-order valence-electron chi connectivity index (χ2n) is 9.98. The number of piperazine rings is 1. The van der Waals surface area contributed by atoms with E-state index in [1.165, 1.54) is 7.11 Å². The van der Waals surface area contributed by atoms with E-state index in [1.807, 2.05) is 31.2 Å². The van der Waals surface area contributed by atoms with Crippen LogP contribution in [0.15, 0.2) is 42.5 Å². The van der Waals surface area contributed by atoms with Gasteiger partial charge >= 0.3 is 12.0 Å². The van der Waals surface area contributed by atoms with Crippen molar-refractivity contribution in [2.24, 2.45) is 0 Å². The van der Waals surface area contributed by atoms with E-state index in [1.54, 1.807) is 32.9 Å². The van der Waals surface area contributed by atoms with E-state index in [2.05, 4.69) is 10.6 Å². The van der Waals surface area contributed by atoms with Crippen LogP contribution in [0.25, 0.3) is 0 Å². The molecule has 10 nitrogen and oxygen atoms in total. The molecule has 2 saturated heterocycles. The third kappa shape index (κ3) is 7.24. The number of aliphatic carboxylic acids is 1. The molecule has 210 valence electrons. The molecule has 0 saturated carbocycles. The summed E-state index contributed by atoms with van der Waals surface area (Å²) in [7, 11) is 1.49. The number of nitrogens with zero attached hydrogens (tertiary/aromatic N) is 3. The number of halogens is 1. The first-order valence-corrected chi connectivity index (χ1v) is 13.2. The number of likely N-dealkylation sites (tertiary alicyclic amines) is 1. The molecule has 0 spiro atoms. The Balaban J connectivity index is 1.35. The van der Waals surface area contributed by atoms with Crippen LogP contribution in [0.3, 0.4) is 0 Å². The van der Waals surface area contributed by atoms with Gasteiger partial charge in [0.2, 0.25) is 5.91 Å². The molecule has 3 N–H and O–H groups in total. The minimum Gasteiger partial charge on any atom is -0.495 e. The largest absolute Gasteiger partial charge is 0.495 e. The van der Waals surface area contributed by atoms with Gasteiger partial charge in [-0.1, -0.05) is 24.3 Å². The smallest absolute Gasteiger partial charge is 0.323 e. The summed E-state index contributed by atoms with van der Waals surface area (Å²) in [4.78, 5) is 41.8. The molecule has 3 amide bonds. The van der Waals surface area contributed by atoms with Crippen LogP contribution in [0.5, 0.6) is 5.75 Å². The van der Waals surface area contributed by atoms with E-state index in [0.29, 0.717) is 61.8 Å². The fourth-order valence-corrected chi connectivity index (χ4v) is 5.20. The van der Waals surface area contributed by atoms with Crippen LogP contribution < -0.4 is 15.4 Å². The second kappa shape index (κ2) is 12.9. The molecule has 0 aliphatic carbocycles. The van der Waals surface area contributed by atoms with Gasteiger partial charge in [0.15, 0.2) is 6.30 Å². The Morgan fingerprint density at radius 3 is 2.46 bits per heavy atom. The van der Waals surface area contributed by atoms with Crippen molar-refractivity contribution in [2.45, 2.75) is 38.5 Å². The van der Waals surface area contributed by atoms with Crippen LogP contribution in [-0.2, 0) is 16.0 Å². The summed E-state index contributed by atoms with van der Waals surface area (Å²) in [5.41, 5.74) is 2.80. The molecule has 2 aromatic rings. The average molecular weight is 542 g/mol. The molecule has 4 rings (SSSR count). The maximum atomic E-state index is 15.5. The Kier molecular flexibility index (Phi) is 9.36. The number of anilines is 2. The quantitative estimate of drug-likeness (QED) is 0.418. The lowest BCUT2D eigenvalue weighted by atomic mass is 10.1. The molecular weight excluding hydrogens is 505 g/mol. The van der Waals surface area contributed by atoms with Crippen LogP contribution in [0.2, 0.25) is 0 Å². The first-order chi connectivity index (χ1) is 18.7. The number of hydrogen-bond acceptors (Lipinski definition) is 6. The zero-order chi connectivity index (χ0) is 27.9. The van der Waals surface area contributed by atoms with E-state index in [-0.39, 0.29) is 18.9 Å². The highest BCUT2D eigenvalue weighted by molar-refractivity contribution is 6.01. The van der Waals surface area contributed by atoms with Crippen molar-refractivity contribution in [1.29, 1.82) is 0 Å². The number of amides is 3. The number of carboxylic acids is 1. The highest BCUT2D eigenvalue weighted by atomic mass is 19.1. The van der Waals surface area contributed by atoms with Crippen LogP contribution in [0, 0.1) is 6.92 Å². The number of benzene rings is 2. The molecule has 0 radical (unpaired) electrons. The molecular formula is C28H36FN5O5. The minimum absolute atomic E-state index is 0.0476. The number of carbonyl (C=O) groups is 3. The number of carboxylic acid groups (broad SMARTS) is 1. The lowest BCUT2D eigenvalue weighted by Gasteiger charge is -2.39.